The van der Waals surface area contributed by atoms with Crippen LogP contribution in [0.2, 0.25) is 0 Å². The zero-order valence-corrected chi connectivity index (χ0v) is 12.6. The predicted octanol–water partition coefficient (Wildman–Crippen LogP) is 3.30. The van der Waals surface area contributed by atoms with Crippen molar-refractivity contribution < 1.29 is 9.67 Å². The first-order chi connectivity index (χ1) is 8.62. The Kier molecular flexibility index (Phi) is 3.06. The second kappa shape index (κ2) is 4.46. The minimum absolute atomic E-state index is 0.852. The van der Waals surface area contributed by atoms with E-state index in [1.54, 1.807) is 0 Å². The van der Waals surface area contributed by atoms with Crippen molar-refractivity contribution in [3.05, 3.63) is 45.3 Å². The SMILES string of the molecule is CC1(O)C(I)=C(C2=CCCCC2)[n+]2ccccc21. The molecule has 1 aliphatic heterocycles. The number of halogens is 1. The lowest BCUT2D eigenvalue weighted by Gasteiger charge is -2.12. The number of allylic oxidation sites excluding steroid dienone is 3. The Morgan fingerprint density at radius 3 is 2.89 bits per heavy atom. The highest BCUT2D eigenvalue weighted by Gasteiger charge is 2.47. The number of hydrogen-bond acceptors (Lipinski definition) is 1. The van der Waals surface area contributed by atoms with Gasteiger partial charge in [0.2, 0.25) is 11.4 Å². The van der Waals surface area contributed by atoms with Gasteiger partial charge >= 0.3 is 0 Å². The van der Waals surface area contributed by atoms with Crippen LogP contribution in [0.15, 0.2) is 39.6 Å². The largest absolute Gasteiger partial charge is 0.374 e. The van der Waals surface area contributed by atoms with Crippen molar-refractivity contribution in [1.29, 1.82) is 0 Å². The number of aromatic nitrogens is 1. The number of rotatable bonds is 1. The van der Waals surface area contributed by atoms with E-state index in [1.165, 1.54) is 24.1 Å². The van der Waals surface area contributed by atoms with E-state index in [2.05, 4.69) is 39.4 Å². The molecule has 1 aromatic heterocycles. The summed E-state index contributed by atoms with van der Waals surface area (Å²) in [5.41, 5.74) is 2.71. The fourth-order valence-corrected chi connectivity index (χ4v) is 3.72. The van der Waals surface area contributed by atoms with Crippen LogP contribution in [0.4, 0.5) is 0 Å². The molecule has 0 saturated carbocycles. The fraction of sp³-hybridized carbons (Fsp3) is 0.400. The quantitative estimate of drug-likeness (QED) is 0.607. The van der Waals surface area contributed by atoms with Crippen molar-refractivity contribution >= 4 is 28.3 Å². The van der Waals surface area contributed by atoms with Crippen molar-refractivity contribution in [3.63, 3.8) is 0 Å². The summed E-state index contributed by atoms with van der Waals surface area (Å²) in [5.74, 6) is 0. The van der Waals surface area contributed by atoms with E-state index in [0.29, 0.717) is 0 Å². The summed E-state index contributed by atoms with van der Waals surface area (Å²) >= 11 is 2.30. The third kappa shape index (κ3) is 1.75. The molecule has 1 aliphatic carbocycles. The maximum Gasteiger partial charge on any atom is 0.226 e. The van der Waals surface area contributed by atoms with Crippen LogP contribution in [0.1, 0.15) is 38.3 Å². The Morgan fingerprint density at radius 1 is 1.33 bits per heavy atom. The highest BCUT2D eigenvalue weighted by molar-refractivity contribution is 14.1. The van der Waals surface area contributed by atoms with Gasteiger partial charge in [-0.3, -0.25) is 0 Å². The van der Waals surface area contributed by atoms with Crippen LogP contribution >= 0.6 is 22.6 Å². The van der Waals surface area contributed by atoms with Gasteiger partial charge in [-0.15, -0.1) is 0 Å². The number of fused-ring (bicyclic) bond motifs is 1. The van der Waals surface area contributed by atoms with Crippen LogP contribution in [0, 0.1) is 0 Å². The predicted molar refractivity (Wildman–Crippen MR) is 80.0 cm³/mol. The molecule has 2 heterocycles. The molecule has 0 radical (unpaired) electrons. The molecule has 18 heavy (non-hydrogen) atoms. The maximum atomic E-state index is 10.7. The van der Waals surface area contributed by atoms with Crippen LogP contribution in [0.25, 0.3) is 5.70 Å². The van der Waals surface area contributed by atoms with Gasteiger partial charge < -0.3 is 5.11 Å². The molecular formula is C15H17INO+. The highest BCUT2D eigenvalue weighted by Crippen LogP contribution is 2.43. The molecule has 3 rings (SSSR count). The molecule has 0 spiro atoms. The van der Waals surface area contributed by atoms with Crippen LogP contribution in [0.5, 0.6) is 0 Å². The molecule has 0 saturated heterocycles. The van der Waals surface area contributed by atoms with Gasteiger partial charge in [0.25, 0.3) is 0 Å². The van der Waals surface area contributed by atoms with Crippen molar-refractivity contribution in [2.24, 2.45) is 0 Å². The van der Waals surface area contributed by atoms with Gasteiger partial charge in [0.05, 0.1) is 0 Å². The van der Waals surface area contributed by atoms with E-state index < -0.39 is 5.60 Å². The minimum atomic E-state index is -0.852. The van der Waals surface area contributed by atoms with Gasteiger partial charge in [0.1, 0.15) is 3.58 Å². The van der Waals surface area contributed by atoms with E-state index in [9.17, 15) is 5.11 Å². The average Bonchev–Trinajstić information content (AvgIpc) is 2.60. The number of nitrogens with zero attached hydrogens (tertiary/aromatic N) is 1. The first-order valence-electron chi connectivity index (χ1n) is 6.46. The third-order valence-corrected chi connectivity index (χ3v) is 5.39. The summed E-state index contributed by atoms with van der Waals surface area (Å²) in [5, 5.41) is 10.7. The van der Waals surface area contributed by atoms with Gasteiger partial charge in [-0.05, 0) is 61.3 Å². The summed E-state index contributed by atoms with van der Waals surface area (Å²) in [6.45, 7) is 1.89. The summed E-state index contributed by atoms with van der Waals surface area (Å²) in [6.07, 6.45) is 9.22. The minimum Gasteiger partial charge on any atom is -0.374 e. The van der Waals surface area contributed by atoms with E-state index in [1.807, 2.05) is 25.1 Å². The molecule has 2 aliphatic rings. The fourth-order valence-electron chi connectivity index (χ4n) is 2.83. The van der Waals surface area contributed by atoms with Crippen molar-refractivity contribution in [2.75, 3.05) is 0 Å². The summed E-state index contributed by atoms with van der Waals surface area (Å²) < 4.78 is 3.19. The van der Waals surface area contributed by atoms with Crippen LogP contribution < -0.4 is 4.57 Å². The standard InChI is InChI=1S/C15H17INO/c1-15(18)12-9-5-6-10-17(12)13(14(15)16)11-7-3-2-4-8-11/h5-7,9-10,18H,2-4,8H2,1H3/q+1. The molecular weight excluding hydrogens is 337 g/mol. The number of hydrogen-bond donors (Lipinski definition) is 1. The van der Waals surface area contributed by atoms with Gasteiger partial charge in [0, 0.05) is 17.7 Å². The van der Waals surface area contributed by atoms with Crippen LogP contribution in [0.3, 0.4) is 0 Å². The monoisotopic (exact) mass is 354 g/mol. The van der Waals surface area contributed by atoms with Crippen molar-refractivity contribution in [2.45, 2.75) is 38.2 Å². The molecule has 1 aromatic rings. The van der Waals surface area contributed by atoms with Crippen molar-refractivity contribution in [3.8, 4) is 0 Å². The molecule has 1 atom stereocenters. The first kappa shape index (κ1) is 12.4. The molecule has 2 nitrogen and oxygen atoms in total. The van der Waals surface area contributed by atoms with Gasteiger partial charge in [-0.2, -0.15) is 4.57 Å². The lowest BCUT2D eigenvalue weighted by molar-refractivity contribution is -0.588. The van der Waals surface area contributed by atoms with Crippen molar-refractivity contribution in [1.82, 2.24) is 0 Å². The second-order valence-corrected chi connectivity index (χ2v) is 6.24. The summed E-state index contributed by atoms with van der Waals surface area (Å²) in [6, 6.07) is 6.02. The number of aliphatic hydroxyl groups is 1. The first-order valence-corrected chi connectivity index (χ1v) is 7.54. The smallest absolute Gasteiger partial charge is 0.226 e. The molecule has 0 amide bonds. The zero-order chi connectivity index (χ0) is 12.8. The van der Waals surface area contributed by atoms with E-state index in [-0.39, 0.29) is 0 Å². The Hall–Kier alpha value is -0.680. The summed E-state index contributed by atoms with van der Waals surface area (Å²) in [4.78, 5) is 0. The summed E-state index contributed by atoms with van der Waals surface area (Å²) in [7, 11) is 0. The molecule has 0 fully saturated rings. The Morgan fingerprint density at radius 2 is 2.17 bits per heavy atom. The molecule has 1 unspecified atom stereocenters. The highest BCUT2D eigenvalue weighted by atomic mass is 127. The lowest BCUT2D eigenvalue weighted by atomic mass is 9.96. The normalized spacial score (nSPS) is 27.2. The third-order valence-electron chi connectivity index (χ3n) is 3.83. The van der Waals surface area contributed by atoms with E-state index in [0.717, 1.165) is 22.1 Å². The molecule has 94 valence electrons. The van der Waals surface area contributed by atoms with E-state index in [4.69, 9.17) is 0 Å². The lowest BCUT2D eigenvalue weighted by Crippen LogP contribution is -2.37. The number of pyridine rings is 1. The van der Waals surface area contributed by atoms with Gasteiger partial charge in [-0.25, -0.2) is 0 Å². The Balaban J connectivity index is 2.19. The van der Waals surface area contributed by atoms with Gasteiger partial charge in [0.15, 0.2) is 11.8 Å². The molecule has 1 N–H and O–H groups in total. The Bertz CT molecular complexity index is 557. The zero-order valence-electron chi connectivity index (χ0n) is 10.5. The average molecular weight is 354 g/mol. The topological polar surface area (TPSA) is 24.1 Å². The van der Waals surface area contributed by atoms with Crippen LogP contribution in [-0.4, -0.2) is 5.11 Å². The molecule has 0 aromatic carbocycles. The Labute approximate surface area is 121 Å². The second-order valence-electron chi connectivity index (χ2n) is 5.17. The molecule has 0 bridgehead atoms. The van der Waals surface area contributed by atoms with Crippen LogP contribution in [-0.2, 0) is 5.60 Å². The molecule has 3 heteroatoms. The maximum absolute atomic E-state index is 10.7. The van der Waals surface area contributed by atoms with E-state index >= 15 is 0 Å². The van der Waals surface area contributed by atoms with Gasteiger partial charge in [-0.1, -0.05) is 6.08 Å².